The van der Waals surface area contributed by atoms with Gasteiger partial charge in [-0.1, -0.05) is 6.07 Å². The van der Waals surface area contributed by atoms with Gasteiger partial charge in [0.2, 0.25) is 7.60 Å². The fourth-order valence-corrected chi connectivity index (χ4v) is 3.09. The Balaban J connectivity index is 0.00000272. The number of nitrogens with one attached hydrogen (secondary N) is 1. The zero-order valence-electron chi connectivity index (χ0n) is 16.9. The molecule has 4 heterocycles. The zero-order chi connectivity index (χ0) is 21.3. The molecule has 1 amide bonds. The molecule has 1 atom stereocenters. The second-order valence-corrected chi connectivity index (χ2v) is 8.09. The smallest absolute Gasteiger partial charge is 0.767 e. The van der Waals surface area contributed by atoms with Gasteiger partial charge in [0.1, 0.15) is 11.5 Å². The molecule has 0 spiro atoms. The molecule has 4 aromatic heterocycles. The van der Waals surface area contributed by atoms with Crippen LogP contribution in [0.25, 0.3) is 22.7 Å². The summed E-state index contributed by atoms with van der Waals surface area (Å²) in [6, 6.07) is 8.48. The molecule has 13 heteroatoms. The molecule has 0 fully saturated rings. The van der Waals surface area contributed by atoms with E-state index < -0.39 is 13.5 Å². The molecule has 0 aliphatic heterocycles. The fourth-order valence-electron chi connectivity index (χ4n) is 2.70. The van der Waals surface area contributed by atoms with Gasteiger partial charge in [-0.15, -0.1) is 9.94 Å². The van der Waals surface area contributed by atoms with Gasteiger partial charge in [0.25, 0.3) is 5.91 Å². The monoisotopic (exact) mass is 450 g/mol. The van der Waals surface area contributed by atoms with Crippen molar-refractivity contribution in [1.82, 2.24) is 24.7 Å². The van der Waals surface area contributed by atoms with E-state index in [-0.39, 0.29) is 35.3 Å². The quantitative estimate of drug-likeness (QED) is 0.286. The summed E-state index contributed by atoms with van der Waals surface area (Å²) in [5.74, 6) is -0.102. The van der Waals surface area contributed by atoms with Gasteiger partial charge >= 0.3 is 29.6 Å². The van der Waals surface area contributed by atoms with Crippen LogP contribution in [-0.4, -0.2) is 37.3 Å². The molecular weight excluding hydrogens is 434 g/mol. The van der Waals surface area contributed by atoms with Crippen molar-refractivity contribution < 1.29 is 52.9 Å². The van der Waals surface area contributed by atoms with Crippen molar-refractivity contribution >= 4 is 19.2 Å². The molecule has 0 radical (unpaired) electrons. The minimum Gasteiger partial charge on any atom is -0.767 e. The van der Waals surface area contributed by atoms with Gasteiger partial charge < -0.3 is 19.3 Å². The van der Waals surface area contributed by atoms with Crippen LogP contribution in [0.3, 0.4) is 0 Å². The van der Waals surface area contributed by atoms with Crippen molar-refractivity contribution in [3.63, 3.8) is 0 Å². The summed E-state index contributed by atoms with van der Waals surface area (Å²) >= 11 is 0. The van der Waals surface area contributed by atoms with E-state index in [0.717, 1.165) is 11.5 Å². The first kappa shape index (κ1) is 23.0. The maximum atomic E-state index is 12.7. The first-order valence-corrected chi connectivity index (χ1v) is 10.7. The van der Waals surface area contributed by atoms with E-state index >= 15 is 0 Å². The van der Waals surface area contributed by atoms with Crippen LogP contribution in [0, 0.1) is 0 Å². The molecule has 1 unspecified atom stereocenters. The Morgan fingerprint density at radius 1 is 1.26 bits per heavy atom. The number of hydrogen-bond donors (Lipinski definition) is 1. The average Bonchev–Trinajstić information content (AvgIpc) is 3.41. The van der Waals surface area contributed by atoms with Crippen LogP contribution < -0.4 is 44.4 Å². The van der Waals surface area contributed by atoms with Gasteiger partial charge in [-0.3, -0.25) is 19.0 Å². The van der Waals surface area contributed by atoms with Gasteiger partial charge in [-0.2, -0.15) is 5.10 Å². The molecule has 0 aliphatic carbocycles. The van der Waals surface area contributed by atoms with Crippen molar-refractivity contribution in [3.05, 3.63) is 60.9 Å². The molecule has 11 nitrogen and oxygen atoms in total. The first-order valence-electron chi connectivity index (χ1n) is 8.68. The standard InChI is InChI=1S/C18H17N6O5P.Na/c1-23-11-14(17(22-23)13-5-3-4-8-19-13)21-18(25)16-7-6-15(28-16)12-9-20-24(10-12)29-30(2,26)27;/h3-11H,1-2H3,(H,21,25)(H,26,27);/q;+1/p-1. The number of rotatable bonds is 6. The summed E-state index contributed by atoms with van der Waals surface area (Å²) < 4.78 is 23.0. The van der Waals surface area contributed by atoms with Crippen molar-refractivity contribution in [2.24, 2.45) is 7.05 Å². The van der Waals surface area contributed by atoms with E-state index in [0.29, 0.717) is 28.4 Å². The summed E-state index contributed by atoms with van der Waals surface area (Å²) in [4.78, 5) is 28.9. The van der Waals surface area contributed by atoms with Crippen LogP contribution in [0.2, 0.25) is 0 Å². The van der Waals surface area contributed by atoms with Gasteiger partial charge in [-0.25, -0.2) is 0 Å². The number of anilines is 1. The minimum absolute atomic E-state index is 0. The normalized spacial score (nSPS) is 12.6. The third-order valence-electron chi connectivity index (χ3n) is 3.89. The van der Waals surface area contributed by atoms with Crippen LogP contribution in [0.5, 0.6) is 0 Å². The third kappa shape index (κ3) is 5.52. The molecule has 31 heavy (non-hydrogen) atoms. The molecule has 0 saturated carbocycles. The van der Waals surface area contributed by atoms with Crippen LogP contribution in [0.4, 0.5) is 5.69 Å². The molecule has 4 rings (SSSR count). The number of carbonyl (C=O) groups is 1. The Morgan fingerprint density at radius 2 is 2.06 bits per heavy atom. The fraction of sp³-hybridized carbons (Fsp3) is 0.111. The number of hydrogen-bond acceptors (Lipinski definition) is 8. The summed E-state index contributed by atoms with van der Waals surface area (Å²) in [6.45, 7) is 0.932. The number of aryl methyl sites for hydroxylation is 1. The summed E-state index contributed by atoms with van der Waals surface area (Å²) in [5.41, 5.74) is 2.07. The van der Waals surface area contributed by atoms with Crippen molar-refractivity contribution in [2.75, 3.05) is 12.0 Å². The summed E-state index contributed by atoms with van der Waals surface area (Å²) in [7, 11) is -2.26. The van der Waals surface area contributed by atoms with Gasteiger partial charge in [-0.05, 0) is 24.3 Å². The summed E-state index contributed by atoms with van der Waals surface area (Å²) in [5, 5.41) is 10.9. The molecule has 0 aliphatic rings. The van der Waals surface area contributed by atoms with E-state index in [1.54, 1.807) is 42.3 Å². The number of nitrogens with zero attached hydrogens (tertiary/aromatic N) is 5. The number of amides is 1. The zero-order valence-corrected chi connectivity index (χ0v) is 19.8. The SMILES string of the molecule is Cn1cc(NC(=O)c2ccc(-c3cnn(OP(C)(=O)[O-])c3)o2)c(-c2ccccn2)n1.[Na+]. The molecule has 1 N–H and O–H groups in total. The number of carbonyl (C=O) groups excluding carboxylic acids is 1. The predicted octanol–water partition coefficient (Wildman–Crippen LogP) is -1.19. The van der Waals surface area contributed by atoms with Crippen LogP contribution >= 0.6 is 7.60 Å². The molecule has 0 saturated heterocycles. The van der Waals surface area contributed by atoms with E-state index in [9.17, 15) is 14.3 Å². The van der Waals surface area contributed by atoms with Crippen molar-refractivity contribution in [1.29, 1.82) is 0 Å². The number of aromatic nitrogens is 5. The number of furan rings is 1. The van der Waals surface area contributed by atoms with Crippen LogP contribution in [0.1, 0.15) is 10.6 Å². The van der Waals surface area contributed by atoms with Crippen molar-refractivity contribution in [3.8, 4) is 22.7 Å². The average molecular weight is 450 g/mol. The van der Waals surface area contributed by atoms with Crippen LogP contribution in [0.15, 0.2) is 59.5 Å². The Kier molecular flexibility index (Phi) is 6.83. The number of pyridine rings is 1. The van der Waals surface area contributed by atoms with E-state index in [1.807, 2.05) is 6.07 Å². The Morgan fingerprint density at radius 3 is 2.77 bits per heavy atom. The van der Waals surface area contributed by atoms with Crippen LogP contribution in [-0.2, 0) is 11.6 Å². The maximum absolute atomic E-state index is 12.7. The van der Waals surface area contributed by atoms with E-state index in [4.69, 9.17) is 4.42 Å². The van der Waals surface area contributed by atoms with Gasteiger partial charge in [0, 0.05) is 26.1 Å². The van der Waals surface area contributed by atoms with E-state index in [2.05, 4.69) is 25.1 Å². The molecule has 4 aromatic rings. The molecule has 0 aromatic carbocycles. The second kappa shape index (κ2) is 9.21. The Labute approximate surface area is 198 Å². The topological polar surface area (TPSA) is 140 Å². The second-order valence-electron chi connectivity index (χ2n) is 6.38. The Hall–Kier alpha value is -2.69. The molecule has 0 bridgehead atoms. The predicted molar refractivity (Wildman–Crippen MR) is 104 cm³/mol. The maximum Gasteiger partial charge on any atom is 1.00 e. The Bertz CT molecular complexity index is 1250. The van der Waals surface area contributed by atoms with E-state index in [1.165, 1.54) is 18.5 Å². The van der Waals surface area contributed by atoms with Crippen molar-refractivity contribution in [2.45, 2.75) is 0 Å². The minimum atomic E-state index is -4.00. The molecular formula is C18H16N6NaO5P. The van der Waals surface area contributed by atoms with Gasteiger partial charge in [0.05, 0.1) is 29.3 Å². The van der Waals surface area contributed by atoms with Gasteiger partial charge in [0.15, 0.2) is 5.76 Å². The first-order chi connectivity index (χ1) is 14.3. The molecule has 154 valence electrons. The summed E-state index contributed by atoms with van der Waals surface area (Å²) in [6.07, 6.45) is 5.99. The largest absolute Gasteiger partial charge is 1.00 e. The third-order valence-corrected chi connectivity index (χ3v) is 4.35.